The first-order valence-corrected chi connectivity index (χ1v) is 8.06. The zero-order valence-corrected chi connectivity index (χ0v) is 13.3. The minimum absolute atomic E-state index is 0.0517. The number of benzene rings is 1. The molecule has 0 aliphatic heterocycles. The summed E-state index contributed by atoms with van der Waals surface area (Å²) in [5.41, 5.74) is 1.70. The van der Waals surface area contributed by atoms with E-state index >= 15 is 0 Å². The van der Waals surface area contributed by atoms with Gasteiger partial charge in [-0.15, -0.1) is 0 Å². The predicted molar refractivity (Wildman–Crippen MR) is 80.1 cm³/mol. The third kappa shape index (κ3) is 3.71. The van der Waals surface area contributed by atoms with Crippen molar-refractivity contribution in [1.82, 2.24) is 14.9 Å². The van der Waals surface area contributed by atoms with Gasteiger partial charge in [-0.05, 0) is 38.5 Å². The van der Waals surface area contributed by atoms with E-state index < -0.39 is 22.5 Å². The number of rotatable bonds is 5. The molecule has 1 aromatic carbocycles. The van der Waals surface area contributed by atoms with Gasteiger partial charge in [-0.1, -0.05) is 12.1 Å². The number of ether oxygens (including phenoxy) is 1. The lowest BCUT2D eigenvalue weighted by molar-refractivity contribution is -0.133. The number of H-pyrrole nitrogens is 1. The van der Waals surface area contributed by atoms with Gasteiger partial charge in [-0.3, -0.25) is 9.89 Å². The number of hydrogen-bond acceptors (Lipinski definition) is 5. The standard InChI is InChI=1S/C14H17N3O4S/c1-9-5-4-6-12(7-9)21-13(18)8-15-22(19,20)14-10(2)16-17-11(14)3/h4-7,15H,8H2,1-3H3,(H,16,17). The highest BCUT2D eigenvalue weighted by molar-refractivity contribution is 7.89. The van der Waals surface area contributed by atoms with Crippen molar-refractivity contribution in [3.05, 3.63) is 41.2 Å². The van der Waals surface area contributed by atoms with Gasteiger partial charge in [0.25, 0.3) is 0 Å². The Kier molecular flexibility index (Phi) is 4.62. The zero-order chi connectivity index (χ0) is 16.3. The number of sulfonamides is 1. The molecule has 2 rings (SSSR count). The molecule has 7 nitrogen and oxygen atoms in total. The number of hydrogen-bond donors (Lipinski definition) is 2. The summed E-state index contributed by atoms with van der Waals surface area (Å²) in [6, 6.07) is 6.94. The number of nitrogens with zero attached hydrogens (tertiary/aromatic N) is 1. The lowest BCUT2D eigenvalue weighted by Crippen LogP contribution is -2.32. The Hall–Kier alpha value is -2.19. The first-order valence-electron chi connectivity index (χ1n) is 6.58. The van der Waals surface area contributed by atoms with Gasteiger partial charge in [0.05, 0.1) is 11.4 Å². The molecule has 2 aromatic rings. The molecule has 0 radical (unpaired) electrons. The average Bonchev–Trinajstić information content (AvgIpc) is 2.77. The van der Waals surface area contributed by atoms with Crippen LogP contribution in [0.4, 0.5) is 0 Å². The van der Waals surface area contributed by atoms with Crippen LogP contribution < -0.4 is 9.46 Å². The molecule has 2 N–H and O–H groups in total. The molecule has 0 atom stereocenters. The van der Waals surface area contributed by atoms with Gasteiger partial charge in [-0.25, -0.2) is 8.42 Å². The van der Waals surface area contributed by atoms with Crippen molar-refractivity contribution in [2.45, 2.75) is 25.7 Å². The smallest absolute Gasteiger partial charge is 0.326 e. The second-order valence-corrected chi connectivity index (χ2v) is 6.58. The van der Waals surface area contributed by atoms with Crippen LogP contribution in [0.25, 0.3) is 0 Å². The van der Waals surface area contributed by atoms with Crippen molar-refractivity contribution in [1.29, 1.82) is 0 Å². The molecular formula is C14H17N3O4S. The molecule has 0 amide bonds. The summed E-state index contributed by atoms with van der Waals surface area (Å²) in [7, 11) is -3.82. The van der Waals surface area contributed by atoms with Crippen LogP contribution >= 0.6 is 0 Å². The molecular weight excluding hydrogens is 306 g/mol. The molecule has 0 unspecified atom stereocenters. The number of aromatic nitrogens is 2. The number of carbonyl (C=O) groups is 1. The lowest BCUT2D eigenvalue weighted by Gasteiger charge is -2.07. The zero-order valence-electron chi connectivity index (χ0n) is 12.5. The van der Waals surface area contributed by atoms with Crippen LogP contribution in [0.2, 0.25) is 0 Å². The van der Waals surface area contributed by atoms with Crippen LogP contribution in [-0.4, -0.2) is 31.1 Å². The third-order valence-corrected chi connectivity index (χ3v) is 4.62. The van der Waals surface area contributed by atoms with E-state index in [0.717, 1.165) is 5.56 Å². The summed E-state index contributed by atoms with van der Waals surface area (Å²) in [5, 5.41) is 6.42. The monoisotopic (exact) mass is 323 g/mol. The molecule has 0 saturated heterocycles. The quantitative estimate of drug-likeness (QED) is 0.636. The van der Waals surface area contributed by atoms with E-state index in [2.05, 4.69) is 14.9 Å². The van der Waals surface area contributed by atoms with Crippen LogP contribution in [0, 0.1) is 20.8 Å². The molecule has 0 aliphatic carbocycles. The molecule has 118 valence electrons. The van der Waals surface area contributed by atoms with E-state index in [0.29, 0.717) is 17.1 Å². The number of aryl methyl sites for hydroxylation is 3. The Morgan fingerprint density at radius 2 is 2.05 bits per heavy atom. The van der Waals surface area contributed by atoms with Crippen LogP contribution in [0.15, 0.2) is 29.2 Å². The van der Waals surface area contributed by atoms with Crippen LogP contribution in [-0.2, 0) is 14.8 Å². The number of aromatic amines is 1. The van der Waals surface area contributed by atoms with Gasteiger partial charge in [0, 0.05) is 0 Å². The van der Waals surface area contributed by atoms with E-state index in [1.807, 2.05) is 13.0 Å². The maximum Gasteiger partial charge on any atom is 0.326 e. The maximum absolute atomic E-state index is 12.2. The summed E-state index contributed by atoms with van der Waals surface area (Å²) >= 11 is 0. The van der Waals surface area contributed by atoms with Crippen molar-refractivity contribution in [3.8, 4) is 5.75 Å². The fraction of sp³-hybridized carbons (Fsp3) is 0.286. The molecule has 1 heterocycles. The highest BCUT2D eigenvalue weighted by atomic mass is 32.2. The Morgan fingerprint density at radius 3 is 2.64 bits per heavy atom. The van der Waals surface area contributed by atoms with Gasteiger partial charge in [0.15, 0.2) is 0 Å². The first kappa shape index (κ1) is 16.2. The number of nitrogens with one attached hydrogen (secondary N) is 2. The second kappa shape index (κ2) is 6.29. The van der Waals surface area contributed by atoms with E-state index in [-0.39, 0.29) is 4.90 Å². The predicted octanol–water partition coefficient (Wildman–Crippen LogP) is 1.22. The molecule has 0 saturated carbocycles. The highest BCUT2D eigenvalue weighted by Crippen LogP contribution is 2.16. The molecule has 0 aliphatic rings. The first-order chi connectivity index (χ1) is 10.3. The fourth-order valence-corrected chi connectivity index (χ4v) is 3.34. The molecule has 22 heavy (non-hydrogen) atoms. The summed E-state index contributed by atoms with van der Waals surface area (Å²) in [6.45, 7) is 4.58. The summed E-state index contributed by atoms with van der Waals surface area (Å²) in [6.07, 6.45) is 0. The summed E-state index contributed by atoms with van der Waals surface area (Å²) in [4.78, 5) is 11.8. The van der Waals surface area contributed by atoms with Crippen molar-refractivity contribution in [2.24, 2.45) is 0 Å². The Morgan fingerprint density at radius 1 is 1.32 bits per heavy atom. The Bertz CT molecular complexity index is 777. The molecule has 0 fully saturated rings. The molecule has 8 heteroatoms. The van der Waals surface area contributed by atoms with Gasteiger partial charge >= 0.3 is 5.97 Å². The van der Waals surface area contributed by atoms with E-state index in [4.69, 9.17) is 4.74 Å². The summed E-state index contributed by atoms with van der Waals surface area (Å²) in [5.74, 6) is -0.312. The van der Waals surface area contributed by atoms with Crippen molar-refractivity contribution >= 4 is 16.0 Å². The van der Waals surface area contributed by atoms with Crippen molar-refractivity contribution in [3.63, 3.8) is 0 Å². The third-order valence-electron chi connectivity index (χ3n) is 2.96. The van der Waals surface area contributed by atoms with Crippen LogP contribution in [0.3, 0.4) is 0 Å². The van der Waals surface area contributed by atoms with Gasteiger partial charge in [0.1, 0.15) is 17.2 Å². The second-order valence-electron chi connectivity index (χ2n) is 4.88. The van der Waals surface area contributed by atoms with Gasteiger partial charge < -0.3 is 4.74 Å². The fourth-order valence-electron chi connectivity index (χ4n) is 2.01. The maximum atomic E-state index is 12.2. The largest absolute Gasteiger partial charge is 0.426 e. The topological polar surface area (TPSA) is 101 Å². The summed E-state index contributed by atoms with van der Waals surface area (Å²) < 4.78 is 31.6. The normalized spacial score (nSPS) is 11.4. The van der Waals surface area contributed by atoms with Crippen LogP contribution in [0.5, 0.6) is 5.75 Å². The molecule has 0 bridgehead atoms. The number of carbonyl (C=O) groups excluding carboxylic acids is 1. The van der Waals surface area contributed by atoms with E-state index in [1.165, 1.54) is 0 Å². The average molecular weight is 323 g/mol. The molecule has 1 aromatic heterocycles. The Labute approximate surface area is 128 Å². The van der Waals surface area contributed by atoms with E-state index in [9.17, 15) is 13.2 Å². The highest BCUT2D eigenvalue weighted by Gasteiger charge is 2.23. The minimum Gasteiger partial charge on any atom is -0.426 e. The van der Waals surface area contributed by atoms with Crippen molar-refractivity contribution in [2.75, 3.05) is 6.54 Å². The van der Waals surface area contributed by atoms with Crippen LogP contribution in [0.1, 0.15) is 17.0 Å². The SMILES string of the molecule is Cc1cccc(OC(=O)CNS(=O)(=O)c2c(C)n[nH]c2C)c1. The minimum atomic E-state index is -3.82. The number of esters is 1. The molecule has 0 spiro atoms. The lowest BCUT2D eigenvalue weighted by atomic mass is 10.2. The Balaban J connectivity index is 2.02. The van der Waals surface area contributed by atoms with E-state index in [1.54, 1.807) is 32.0 Å². The van der Waals surface area contributed by atoms with Gasteiger partial charge in [-0.2, -0.15) is 9.82 Å². The van der Waals surface area contributed by atoms with Gasteiger partial charge in [0.2, 0.25) is 10.0 Å². The van der Waals surface area contributed by atoms with Crippen molar-refractivity contribution < 1.29 is 17.9 Å².